The van der Waals surface area contributed by atoms with E-state index in [1.807, 2.05) is 42.5 Å². The molecule has 256 valence electrons. The number of esters is 1. The molecule has 1 aliphatic heterocycles. The minimum Gasteiger partial charge on any atom is -0.744 e. The van der Waals surface area contributed by atoms with Crippen LogP contribution in [0.4, 0.5) is 0 Å². The van der Waals surface area contributed by atoms with E-state index in [4.69, 9.17) is 23.7 Å². The van der Waals surface area contributed by atoms with Gasteiger partial charge in [0.2, 0.25) is 0 Å². The molecule has 0 spiro atoms. The van der Waals surface area contributed by atoms with Crippen molar-refractivity contribution in [1.29, 1.82) is 0 Å². The van der Waals surface area contributed by atoms with Crippen LogP contribution in [0, 0.1) is 0 Å². The summed E-state index contributed by atoms with van der Waals surface area (Å²) in [6.45, 7) is 1.85. The molecule has 1 aliphatic rings. The Morgan fingerprint density at radius 3 is 1.94 bits per heavy atom. The predicted octanol–water partition coefficient (Wildman–Crippen LogP) is 5.73. The summed E-state index contributed by atoms with van der Waals surface area (Å²) in [5, 5.41) is 0. The lowest BCUT2D eigenvalue weighted by atomic mass is 9.86. The smallest absolute Gasteiger partial charge is 0.311 e. The summed E-state index contributed by atoms with van der Waals surface area (Å²) in [4.78, 5) is 12.6. The maximum Gasteiger partial charge on any atom is 0.311 e. The quantitative estimate of drug-likeness (QED) is 0.105. The van der Waals surface area contributed by atoms with Crippen LogP contribution in [0.2, 0.25) is 0 Å². The second-order valence-corrected chi connectivity index (χ2v) is 13.0. The van der Waals surface area contributed by atoms with Crippen molar-refractivity contribution in [2.24, 2.45) is 0 Å². The summed E-state index contributed by atoms with van der Waals surface area (Å²) in [5.74, 6) is 2.66. The van der Waals surface area contributed by atoms with E-state index < -0.39 is 10.1 Å². The SMILES string of the molecule is COc1ccc(C[C@@H]2c3cc(OC)c(OC)cc3CC[N@+]2(C)CCC(=O)OCc2ccccc2)cc1OC.O=S(=O)([O-])c1ccccc1. The molecular formula is C37H43NO9S. The number of quaternary nitrogens is 1. The lowest BCUT2D eigenvalue weighted by molar-refractivity contribution is -0.940. The third kappa shape index (κ3) is 9.27. The third-order valence-corrected chi connectivity index (χ3v) is 9.48. The van der Waals surface area contributed by atoms with E-state index in [-0.39, 0.29) is 23.5 Å². The van der Waals surface area contributed by atoms with E-state index in [0.29, 0.717) is 34.7 Å². The van der Waals surface area contributed by atoms with Gasteiger partial charge in [0.25, 0.3) is 0 Å². The van der Waals surface area contributed by atoms with Gasteiger partial charge in [-0.2, -0.15) is 0 Å². The molecule has 0 aromatic heterocycles. The van der Waals surface area contributed by atoms with E-state index in [9.17, 15) is 17.8 Å². The van der Waals surface area contributed by atoms with Crippen molar-refractivity contribution in [3.8, 4) is 23.0 Å². The van der Waals surface area contributed by atoms with E-state index in [1.54, 1.807) is 34.5 Å². The molecule has 48 heavy (non-hydrogen) atoms. The molecule has 0 saturated heterocycles. The van der Waals surface area contributed by atoms with Gasteiger partial charge in [-0.15, -0.1) is 0 Å². The van der Waals surface area contributed by atoms with E-state index in [0.717, 1.165) is 36.3 Å². The molecule has 0 radical (unpaired) electrons. The Labute approximate surface area is 283 Å². The number of nitrogens with zero attached hydrogens (tertiary/aromatic N) is 1. The minimum absolute atomic E-state index is 0.0959. The Balaban J connectivity index is 0.000000445. The summed E-state index contributed by atoms with van der Waals surface area (Å²) < 4.78 is 59.4. The van der Waals surface area contributed by atoms with E-state index in [1.165, 1.54) is 35.4 Å². The van der Waals surface area contributed by atoms with Gasteiger partial charge in [0, 0.05) is 18.4 Å². The molecule has 2 atom stereocenters. The van der Waals surface area contributed by atoms with Crippen LogP contribution < -0.4 is 18.9 Å². The van der Waals surface area contributed by atoms with Crippen LogP contribution in [0.5, 0.6) is 23.0 Å². The van der Waals surface area contributed by atoms with Gasteiger partial charge in [0.1, 0.15) is 22.8 Å². The number of likely N-dealkylation sites (N-methyl/N-ethyl adjacent to an activating group) is 1. The van der Waals surface area contributed by atoms with Crippen LogP contribution in [0.1, 0.15) is 34.7 Å². The number of methoxy groups -OCH3 is 4. The first-order valence-electron chi connectivity index (χ1n) is 15.5. The summed E-state index contributed by atoms with van der Waals surface area (Å²) in [7, 11) is 4.59. The average Bonchev–Trinajstić information content (AvgIpc) is 3.11. The summed E-state index contributed by atoms with van der Waals surface area (Å²) in [6.07, 6.45) is 1.99. The van der Waals surface area contributed by atoms with Gasteiger partial charge in [-0.25, -0.2) is 8.42 Å². The van der Waals surface area contributed by atoms with Crippen LogP contribution in [-0.4, -0.2) is 72.0 Å². The normalized spacial score (nSPS) is 16.8. The highest BCUT2D eigenvalue weighted by Gasteiger charge is 2.40. The molecule has 0 bridgehead atoms. The Kier molecular flexibility index (Phi) is 12.5. The van der Waals surface area contributed by atoms with Gasteiger partial charge in [0.05, 0.1) is 59.9 Å². The van der Waals surface area contributed by atoms with Gasteiger partial charge >= 0.3 is 5.97 Å². The molecule has 0 saturated carbocycles. The Morgan fingerprint density at radius 1 is 0.771 bits per heavy atom. The largest absolute Gasteiger partial charge is 0.744 e. The fourth-order valence-electron chi connectivity index (χ4n) is 5.90. The first-order chi connectivity index (χ1) is 23.0. The Morgan fingerprint density at radius 2 is 1.35 bits per heavy atom. The van der Waals surface area contributed by atoms with Gasteiger partial charge in [-0.3, -0.25) is 4.79 Å². The zero-order chi connectivity index (χ0) is 34.7. The molecule has 0 amide bonds. The zero-order valence-corrected chi connectivity index (χ0v) is 28.8. The molecule has 0 unspecified atom stereocenters. The Hall–Kier alpha value is -4.58. The maximum atomic E-state index is 12.8. The van der Waals surface area contributed by atoms with Gasteiger partial charge in [-0.05, 0) is 53.1 Å². The number of benzene rings is 4. The third-order valence-electron chi connectivity index (χ3n) is 8.63. The van der Waals surface area contributed by atoms with Crippen molar-refractivity contribution in [3.63, 3.8) is 0 Å². The number of fused-ring (bicyclic) bond motifs is 1. The number of carbonyl (C=O) groups excluding carboxylic acids is 1. The molecule has 0 N–H and O–H groups in total. The van der Waals surface area contributed by atoms with E-state index >= 15 is 0 Å². The molecular weight excluding hydrogens is 634 g/mol. The van der Waals surface area contributed by atoms with Crippen LogP contribution in [0.25, 0.3) is 0 Å². The summed E-state index contributed by atoms with van der Waals surface area (Å²) in [6, 6.07) is 27.3. The van der Waals surface area contributed by atoms with Gasteiger partial charge in [-0.1, -0.05) is 54.6 Å². The highest BCUT2D eigenvalue weighted by molar-refractivity contribution is 7.85. The lowest BCUT2D eigenvalue weighted by Crippen LogP contribution is -2.53. The highest BCUT2D eigenvalue weighted by Crippen LogP contribution is 2.43. The molecule has 4 aromatic rings. The van der Waals surface area contributed by atoms with Crippen molar-refractivity contribution >= 4 is 16.1 Å². The van der Waals surface area contributed by atoms with Gasteiger partial charge < -0.3 is 32.7 Å². The minimum atomic E-state index is -4.25. The van der Waals surface area contributed by atoms with Crippen LogP contribution in [0.3, 0.4) is 0 Å². The molecule has 4 aromatic carbocycles. The number of hydrogen-bond acceptors (Lipinski definition) is 9. The van der Waals surface area contributed by atoms with Crippen molar-refractivity contribution in [2.75, 3.05) is 48.6 Å². The topological polar surface area (TPSA) is 120 Å². The first kappa shape index (κ1) is 36.3. The molecule has 0 fully saturated rings. The van der Waals surface area contributed by atoms with Crippen molar-refractivity contribution in [3.05, 3.63) is 113 Å². The molecule has 11 heteroatoms. The highest BCUT2D eigenvalue weighted by atomic mass is 32.2. The average molecular weight is 678 g/mol. The molecule has 5 rings (SSSR count). The predicted molar refractivity (Wildman–Crippen MR) is 180 cm³/mol. The second-order valence-electron chi connectivity index (χ2n) is 11.7. The Bertz CT molecular complexity index is 1760. The van der Waals surface area contributed by atoms with Crippen molar-refractivity contribution < 1.29 is 45.9 Å². The van der Waals surface area contributed by atoms with Crippen molar-refractivity contribution in [1.82, 2.24) is 0 Å². The summed E-state index contributed by atoms with van der Waals surface area (Å²) >= 11 is 0. The lowest BCUT2D eigenvalue weighted by Gasteiger charge is -2.46. The first-order valence-corrected chi connectivity index (χ1v) is 16.9. The fraction of sp³-hybridized carbons (Fsp3) is 0.324. The van der Waals surface area contributed by atoms with Crippen molar-refractivity contribution in [2.45, 2.75) is 36.8 Å². The van der Waals surface area contributed by atoms with Crippen LogP contribution >= 0.6 is 0 Å². The zero-order valence-electron chi connectivity index (χ0n) is 28.0. The standard InChI is InChI=1S/C31H38NO6.C6H6O3S/c1-32(16-14-31(33)38-21-22-9-7-6-8-10-22)15-13-24-19-29(36-4)30(37-5)20-25(24)26(32)17-23-11-12-27(34-2)28(18-23)35-3;7-10(8,9)6-4-2-1-3-5-6/h6-12,18-20,26H,13-17,21H2,1-5H3;1-5H,(H,7,8,9)/q+1;/p-1/t26-,32-;/m1./s1. The van der Waals surface area contributed by atoms with Gasteiger partial charge in [0.15, 0.2) is 23.0 Å². The second kappa shape index (κ2) is 16.5. The molecule has 1 heterocycles. The number of hydrogen-bond donors (Lipinski definition) is 0. The fourth-order valence-corrected chi connectivity index (χ4v) is 6.39. The molecule has 10 nitrogen and oxygen atoms in total. The van der Waals surface area contributed by atoms with E-state index in [2.05, 4.69) is 25.2 Å². The number of rotatable bonds is 12. The summed E-state index contributed by atoms with van der Waals surface area (Å²) in [5.41, 5.74) is 4.58. The van der Waals surface area contributed by atoms with Crippen LogP contribution in [0.15, 0.2) is 95.9 Å². The number of ether oxygens (including phenoxy) is 5. The number of carbonyl (C=O) groups is 1. The van der Waals surface area contributed by atoms with Crippen LogP contribution in [-0.2, 0) is 39.1 Å². The monoisotopic (exact) mass is 677 g/mol. The molecule has 0 aliphatic carbocycles. The maximum absolute atomic E-state index is 12.8.